The molecule has 0 N–H and O–H groups in total. The summed E-state index contributed by atoms with van der Waals surface area (Å²) in [7, 11) is 0. The van der Waals surface area contributed by atoms with Crippen LogP contribution in [0, 0.1) is 12.8 Å². The maximum absolute atomic E-state index is 13.0. The molecule has 1 aromatic carbocycles. The topological polar surface area (TPSA) is 40.6 Å². The van der Waals surface area contributed by atoms with Gasteiger partial charge in [0.05, 0.1) is 6.42 Å². The van der Waals surface area contributed by atoms with Crippen molar-refractivity contribution in [3.05, 3.63) is 35.4 Å². The van der Waals surface area contributed by atoms with Crippen LogP contribution in [0.5, 0.6) is 0 Å². The predicted octanol–water partition coefficient (Wildman–Crippen LogP) is 3.57. The van der Waals surface area contributed by atoms with E-state index in [0.717, 1.165) is 44.2 Å². The fourth-order valence-electron chi connectivity index (χ4n) is 4.41. The summed E-state index contributed by atoms with van der Waals surface area (Å²) in [5.74, 6) is 0.627. The van der Waals surface area contributed by atoms with Crippen LogP contribution in [0.2, 0.25) is 0 Å². The molecule has 0 saturated carbocycles. The summed E-state index contributed by atoms with van der Waals surface area (Å²) in [6.07, 6.45) is 6.67. The molecule has 2 saturated heterocycles. The Morgan fingerprint density at radius 2 is 1.77 bits per heavy atom. The monoisotopic (exact) mass is 356 g/mol. The average Bonchev–Trinajstić information content (AvgIpc) is 2.69. The van der Waals surface area contributed by atoms with Crippen molar-refractivity contribution in [3.8, 4) is 0 Å². The predicted molar refractivity (Wildman–Crippen MR) is 104 cm³/mol. The molecule has 2 aliphatic heterocycles. The van der Waals surface area contributed by atoms with Crippen LogP contribution in [-0.4, -0.2) is 47.3 Å². The Morgan fingerprint density at radius 1 is 1.04 bits per heavy atom. The molecule has 1 aromatic rings. The first-order chi connectivity index (χ1) is 12.6. The molecule has 0 aliphatic carbocycles. The molecular weight excluding hydrogens is 324 g/mol. The molecule has 0 spiro atoms. The quantitative estimate of drug-likeness (QED) is 0.827. The highest BCUT2D eigenvalue weighted by Gasteiger charge is 2.33. The van der Waals surface area contributed by atoms with Crippen molar-refractivity contribution in [1.29, 1.82) is 0 Å². The number of aryl methyl sites for hydroxylation is 1. The first-order valence-electron chi connectivity index (χ1n) is 10.2. The van der Waals surface area contributed by atoms with Gasteiger partial charge in [0.2, 0.25) is 11.8 Å². The third-order valence-corrected chi connectivity index (χ3v) is 6.18. The fraction of sp³-hybridized carbons (Fsp3) is 0.636. The number of hydrogen-bond acceptors (Lipinski definition) is 2. The van der Waals surface area contributed by atoms with E-state index in [4.69, 9.17) is 0 Å². The van der Waals surface area contributed by atoms with Gasteiger partial charge in [0, 0.05) is 31.6 Å². The van der Waals surface area contributed by atoms with E-state index < -0.39 is 0 Å². The van der Waals surface area contributed by atoms with Gasteiger partial charge in [-0.25, -0.2) is 0 Å². The molecule has 142 valence electrons. The van der Waals surface area contributed by atoms with Gasteiger partial charge in [0.1, 0.15) is 0 Å². The number of carbonyl (C=O) groups is 2. The van der Waals surface area contributed by atoms with Gasteiger partial charge in [-0.05, 0) is 56.6 Å². The Morgan fingerprint density at radius 3 is 2.46 bits per heavy atom. The number of rotatable bonds is 4. The van der Waals surface area contributed by atoms with Crippen LogP contribution in [0.3, 0.4) is 0 Å². The summed E-state index contributed by atoms with van der Waals surface area (Å²) in [6, 6.07) is 8.51. The van der Waals surface area contributed by atoms with Crippen LogP contribution in [0.15, 0.2) is 24.3 Å². The van der Waals surface area contributed by atoms with Crippen molar-refractivity contribution >= 4 is 11.8 Å². The van der Waals surface area contributed by atoms with E-state index in [1.807, 2.05) is 23.1 Å². The molecular formula is C22H32N2O2. The van der Waals surface area contributed by atoms with Crippen LogP contribution >= 0.6 is 0 Å². The number of hydrogen-bond donors (Lipinski definition) is 0. The van der Waals surface area contributed by atoms with Gasteiger partial charge in [-0.15, -0.1) is 0 Å². The molecule has 0 bridgehead atoms. The summed E-state index contributed by atoms with van der Waals surface area (Å²) >= 11 is 0. The Balaban J connectivity index is 1.53. The Kier molecular flexibility index (Phi) is 6.33. The molecule has 0 aromatic heterocycles. The molecule has 2 amide bonds. The minimum atomic E-state index is 0.102. The second-order valence-corrected chi connectivity index (χ2v) is 7.85. The normalized spacial score (nSPS) is 21.7. The standard InChI is InChI=1S/C22H32N2O2/c1-3-20-10-6-7-13-24(20)22(26)18-11-14-23(15-12-18)21(25)16-19-9-5-4-8-17(19)2/h4-5,8-9,18,20H,3,6-7,10-16H2,1-2H3. The highest BCUT2D eigenvalue weighted by atomic mass is 16.2. The van der Waals surface area contributed by atoms with Crippen LogP contribution in [0.25, 0.3) is 0 Å². The molecule has 3 rings (SSSR count). The van der Waals surface area contributed by atoms with Crippen molar-refractivity contribution in [2.45, 2.75) is 64.8 Å². The Labute approximate surface area is 157 Å². The SMILES string of the molecule is CCC1CCCCN1C(=O)C1CCN(C(=O)Cc2ccccc2C)CC1. The number of benzene rings is 1. The molecule has 2 aliphatic rings. The molecule has 4 nitrogen and oxygen atoms in total. The van der Waals surface area contributed by atoms with Crippen LogP contribution in [0.1, 0.15) is 56.6 Å². The number of nitrogens with zero attached hydrogens (tertiary/aromatic N) is 2. The number of amides is 2. The van der Waals surface area contributed by atoms with Crippen LogP contribution < -0.4 is 0 Å². The molecule has 4 heteroatoms. The van der Waals surface area contributed by atoms with Crippen molar-refractivity contribution in [3.63, 3.8) is 0 Å². The molecule has 2 heterocycles. The van der Waals surface area contributed by atoms with Gasteiger partial charge in [0.15, 0.2) is 0 Å². The summed E-state index contributed by atoms with van der Waals surface area (Å²) in [4.78, 5) is 29.7. The van der Waals surface area contributed by atoms with Crippen molar-refractivity contribution in [2.24, 2.45) is 5.92 Å². The number of likely N-dealkylation sites (tertiary alicyclic amines) is 2. The van der Waals surface area contributed by atoms with Crippen molar-refractivity contribution in [1.82, 2.24) is 9.80 Å². The van der Waals surface area contributed by atoms with E-state index in [0.29, 0.717) is 31.5 Å². The van der Waals surface area contributed by atoms with E-state index >= 15 is 0 Å². The summed E-state index contributed by atoms with van der Waals surface area (Å²) < 4.78 is 0. The third-order valence-electron chi connectivity index (χ3n) is 6.18. The van der Waals surface area contributed by atoms with Gasteiger partial charge < -0.3 is 9.80 Å². The zero-order valence-corrected chi connectivity index (χ0v) is 16.2. The van der Waals surface area contributed by atoms with E-state index in [9.17, 15) is 9.59 Å². The summed E-state index contributed by atoms with van der Waals surface area (Å²) in [6.45, 7) is 6.58. The van der Waals surface area contributed by atoms with E-state index in [1.54, 1.807) is 0 Å². The van der Waals surface area contributed by atoms with E-state index in [-0.39, 0.29) is 11.8 Å². The maximum Gasteiger partial charge on any atom is 0.226 e. The van der Waals surface area contributed by atoms with Crippen LogP contribution in [-0.2, 0) is 16.0 Å². The first kappa shape index (κ1) is 18.9. The van der Waals surface area contributed by atoms with Gasteiger partial charge in [0.25, 0.3) is 0 Å². The lowest BCUT2D eigenvalue weighted by atomic mass is 9.91. The second kappa shape index (κ2) is 8.70. The molecule has 26 heavy (non-hydrogen) atoms. The first-order valence-corrected chi connectivity index (χ1v) is 10.2. The molecule has 1 unspecified atom stereocenters. The van der Waals surface area contributed by atoms with E-state index in [2.05, 4.69) is 24.8 Å². The van der Waals surface area contributed by atoms with Crippen molar-refractivity contribution < 1.29 is 9.59 Å². The fourth-order valence-corrected chi connectivity index (χ4v) is 4.41. The molecule has 0 radical (unpaired) electrons. The van der Waals surface area contributed by atoms with Crippen LogP contribution in [0.4, 0.5) is 0 Å². The highest BCUT2D eigenvalue weighted by Crippen LogP contribution is 2.26. The van der Waals surface area contributed by atoms with E-state index in [1.165, 1.54) is 12.0 Å². The lowest BCUT2D eigenvalue weighted by Gasteiger charge is -2.39. The smallest absolute Gasteiger partial charge is 0.226 e. The molecule has 2 fully saturated rings. The average molecular weight is 357 g/mol. The third kappa shape index (κ3) is 4.28. The second-order valence-electron chi connectivity index (χ2n) is 7.85. The zero-order valence-electron chi connectivity index (χ0n) is 16.2. The van der Waals surface area contributed by atoms with Crippen molar-refractivity contribution in [2.75, 3.05) is 19.6 Å². The largest absolute Gasteiger partial charge is 0.342 e. The summed E-state index contributed by atoms with van der Waals surface area (Å²) in [5, 5.41) is 0. The number of carbonyl (C=O) groups excluding carboxylic acids is 2. The number of piperidine rings is 2. The minimum absolute atomic E-state index is 0.102. The maximum atomic E-state index is 13.0. The van der Waals surface area contributed by atoms with Gasteiger partial charge >= 0.3 is 0 Å². The summed E-state index contributed by atoms with van der Waals surface area (Å²) in [5.41, 5.74) is 2.27. The molecule has 1 atom stereocenters. The zero-order chi connectivity index (χ0) is 18.5. The van der Waals surface area contributed by atoms with Gasteiger partial charge in [-0.3, -0.25) is 9.59 Å². The minimum Gasteiger partial charge on any atom is -0.342 e. The lowest BCUT2D eigenvalue weighted by Crippen LogP contribution is -2.49. The Bertz CT molecular complexity index is 635. The Hall–Kier alpha value is -1.84. The lowest BCUT2D eigenvalue weighted by molar-refractivity contribution is -0.143. The highest BCUT2D eigenvalue weighted by molar-refractivity contribution is 5.81. The van der Waals surface area contributed by atoms with Gasteiger partial charge in [-0.1, -0.05) is 31.2 Å². The van der Waals surface area contributed by atoms with Gasteiger partial charge in [-0.2, -0.15) is 0 Å².